The van der Waals surface area contributed by atoms with Gasteiger partial charge in [0.2, 0.25) is 5.91 Å². The highest BCUT2D eigenvalue weighted by Gasteiger charge is 2.45. The van der Waals surface area contributed by atoms with Crippen molar-refractivity contribution in [2.24, 2.45) is 0 Å². The second-order valence-electron chi connectivity index (χ2n) is 4.26. The second-order valence-corrected chi connectivity index (χ2v) is 4.26. The Hall–Kier alpha value is -2.38. The molecule has 2 rings (SSSR count). The zero-order valence-electron chi connectivity index (χ0n) is 11.2. The first-order chi connectivity index (χ1) is 9.78. The SMILES string of the molecule is CCOC(=O)C(F)(F)c1cc2cnn(C(C)=O)c2cc1F. The van der Waals surface area contributed by atoms with E-state index < -0.39 is 29.2 Å². The van der Waals surface area contributed by atoms with Crippen molar-refractivity contribution in [1.82, 2.24) is 9.78 Å². The van der Waals surface area contributed by atoms with Crippen LogP contribution in [0.1, 0.15) is 24.2 Å². The molecule has 0 N–H and O–H groups in total. The maximum Gasteiger partial charge on any atom is 0.382 e. The average molecular weight is 300 g/mol. The van der Waals surface area contributed by atoms with Gasteiger partial charge in [0.1, 0.15) is 5.82 Å². The molecule has 0 spiro atoms. The topological polar surface area (TPSA) is 61.2 Å². The van der Waals surface area contributed by atoms with Crippen LogP contribution in [0.25, 0.3) is 10.9 Å². The number of nitrogens with zero attached hydrogens (tertiary/aromatic N) is 2. The Morgan fingerprint density at radius 2 is 2.05 bits per heavy atom. The number of hydrogen-bond donors (Lipinski definition) is 0. The van der Waals surface area contributed by atoms with Crippen molar-refractivity contribution in [3.8, 4) is 0 Å². The van der Waals surface area contributed by atoms with Gasteiger partial charge in [0.15, 0.2) is 0 Å². The number of fused-ring (bicyclic) bond motifs is 1. The van der Waals surface area contributed by atoms with E-state index in [4.69, 9.17) is 0 Å². The molecule has 0 radical (unpaired) electrons. The Morgan fingerprint density at radius 1 is 1.38 bits per heavy atom. The Kier molecular flexibility index (Phi) is 3.71. The first-order valence-electron chi connectivity index (χ1n) is 6.02. The summed E-state index contributed by atoms with van der Waals surface area (Å²) in [5, 5.41) is 3.80. The number of esters is 1. The highest BCUT2D eigenvalue weighted by Crippen LogP contribution is 2.34. The monoisotopic (exact) mass is 300 g/mol. The predicted molar refractivity (Wildman–Crippen MR) is 66.5 cm³/mol. The lowest BCUT2D eigenvalue weighted by Gasteiger charge is -2.15. The van der Waals surface area contributed by atoms with Crippen LogP contribution >= 0.6 is 0 Å². The molecule has 1 aromatic heterocycles. The van der Waals surface area contributed by atoms with Crippen molar-refractivity contribution in [3.05, 3.63) is 29.7 Å². The molecule has 0 aliphatic rings. The van der Waals surface area contributed by atoms with E-state index in [9.17, 15) is 22.8 Å². The van der Waals surface area contributed by atoms with E-state index in [0.29, 0.717) is 0 Å². The molecule has 0 atom stereocenters. The summed E-state index contributed by atoms with van der Waals surface area (Å²) in [5.74, 6) is -7.76. The van der Waals surface area contributed by atoms with Crippen LogP contribution in [-0.4, -0.2) is 28.3 Å². The zero-order valence-corrected chi connectivity index (χ0v) is 11.2. The van der Waals surface area contributed by atoms with E-state index in [1.54, 1.807) is 0 Å². The third-order valence-electron chi connectivity index (χ3n) is 2.83. The Labute approximate surface area is 117 Å². The molecular weight excluding hydrogens is 289 g/mol. The lowest BCUT2D eigenvalue weighted by atomic mass is 10.1. The molecule has 1 heterocycles. The first kappa shape index (κ1) is 15.0. The number of carbonyl (C=O) groups is 2. The van der Waals surface area contributed by atoms with Gasteiger partial charge in [-0.15, -0.1) is 0 Å². The van der Waals surface area contributed by atoms with Crippen molar-refractivity contribution in [2.75, 3.05) is 6.61 Å². The summed E-state index contributed by atoms with van der Waals surface area (Å²) in [4.78, 5) is 22.5. The van der Waals surface area contributed by atoms with Gasteiger partial charge in [0.05, 0.1) is 23.9 Å². The standard InChI is InChI=1S/C13H11F3N2O3/c1-3-21-12(20)13(15,16)9-4-8-6-17-18(7(2)19)11(8)5-10(9)14/h4-6H,3H2,1-2H3. The van der Waals surface area contributed by atoms with Crippen molar-refractivity contribution < 1.29 is 27.5 Å². The van der Waals surface area contributed by atoms with Crippen LogP contribution in [0.15, 0.2) is 18.3 Å². The molecule has 2 aromatic rings. The molecule has 0 fully saturated rings. The van der Waals surface area contributed by atoms with Gasteiger partial charge >= 0.3 is 11.9 Å². The molecule has 0 amide bonds. The van der Waals surface area contributed by atoms with E-state index >= 15 is 0 Å². The summed E-state index contributed by atoms with van der Waals surface area (Å²) in [6, 6.07) is 1.53. The smallest absolute Gasteiger partial charge is 0.382 e. The number of aromatic nitrogens is 2. The maximum absolute atomic E-state index is 13.9. The third kappa shape index (κ3) is 2.48. The second kappa shape index (κ2) is 5.19. The molecule has 0 bridgehead atoms. The Morgan fingerprint density at radius 3 is 2.62 bits per heavy atom. The number of hydrogen-bond acceptors (Lipinski definition) is 4. The molecule has 0 saturated carbocycles. The van der Waals surface area contributed by atoms with Crippen LogP contribution < -0.4 is 0 Å². The van der Waals surface area contributed by atoms with Crippen LogP contribution in [0.3, 0.4) is 0 Å². The molecule has 5 nitrogen and oxygen atoms in total. The van der Waals surface area contributed by atoms with Crippen LogP contribution in [0.4, 0.5) is 13.2 Å². The summed E-state index contributed by atoms with van der Waals surface area (Å²) in [5.41, 5.74) is -1.07. The molecule has 0 aliphatic heterocycles. The molecular formula is C13H11F3N2O3. The molecule has 8 heteroatoms. The van der Waals surface area contributed by atoms with Crippen molar-refractivity contribution in [1.29, 1.82) is 0 Å². The molecule has 0 saturated heterocycles. The summed E-state index contributed by atoms with van der Waals surface area (Å²) >= 11 is 0. The van der Waals surface area contributed by atoms with Crippen LogP contribution in [0.5, 0.6) is 0 Å². The summed E-state index contributed by atoms with van der Waals surface area (Å²) in [7, 11) is 0. The van der Waals surface area contributed by atoms with Crippen molar-refractivity contribution in [3.63, 3.8) is 0 Å². The van der Waals surface area contributed by atoms with Crippen molar-refractivity contribution in [2.45, 2.75) is 19.8 Å². The summed E-state index contributed by atoms with van der Waals surface area (Å²) in [6.07, 6.45) is 1.14. The fraction of sp³-hybridized carbons (Fsp3) is 0.308. The van der Waals surface area contributed by atoms with Gasteiger partial charge in [-0.1, -0.05) is 0 Å². The number of ether oxygens (including phenoxy) is 1. The molecule has 0 aliphatic carbocycles. The normalized spacial score (nSPS) is 11.7. The van der Waals surface area contributed by atoms with Gasteiger partial charge < -0.3 is 4.74 Å². The zero-order chi connectivity index (χ0) is 15.8. The summed E-state index contributed by atoms with van der Waals surface area (Å²) < 4.78 is 46.8. The van der Waals surface area contributed by atoms with E-state index in [2.05, 4.69) is 9.84 Å². The number of halogens is 3. The van der Waals surface area contributed by atoms with E-state index in [1.807, 2.05) is 0 Å². The van der Waals surface area contributed by atoms with E-state index in [1.165, 1.54) is 13.8 Å². The van der Waals surface area contributed by atoms with Gasteiger partial charge in [-0.05, 0) is 13.0 Å². The molecule has 0 unspecified atom stereocenters. The van der Waals surface area contributed by atoms with Gasteiger partial charge in [0.25, 0.3) is 0 Å². The largest absolute Gasteiger partial charge is 0.461 e. The highest BCUT2D eigenvalue weighted by atomic mass is 19.3. The third-order valence-corrected chi connectivity index (χ3v) is 2.83. The fourth-order valence-electron chi connectivity index (χ4n) is 1.87. The lowest BCUT2D eigenvalue weighted by Crippen LogP contribution is -2.29. The minimum absolute atomic E-state index is 0.0448. The Balaban J connectivity index is 2.58. The summed E-state index contributed by atoms with van der Waals surface area (Å²) in [6.45, 7) is 2.32. The lowest BCUT2D eigenvalue weighted by molar-refractivity contribution is -0.173. The average Bonchev–Trinajstić information content (AvgIpc) is 2.80. The maximum atomic E-state index is 13.9. The van der Waals surface area contributed by atoms with E-state index in [-0.39, 0.29) is 17.5 Å². The Bertz CT molecular complexity index is 725. The minimum Gasteiger partial charge on any atom is -0.461 e. The van der Waals surface area contributed by atoms with Gasteiger partial charge in [-0.3, -0.25) is 4.79 Å². The van der Waals surface area contributed by atoms with Gasteiger partial charge in [0, 0.05) is 18.4 Å². The number of carbonyl (C=O) groups excluding carboxylic acids is 2. The predicted octanol–water partition coefficient (Wildman–Crippen LogP) is 2.49. The molecule has 112 valence electrons. The minimum atomic E-state index is -4.12. The van der Waals surface area contributed by atoms with Crippen LogP contribution in [0, 0.1) is 5.82 Å². The number of alkyl halides is 2. The number of benzene rings is 1. The highest BCUT2D eigenvalue weighted by molar-refractivity contribution is 5.91. The van der Waals surface area contributed by atoms with E-state index in [0.717, 1.165) is 23.0 Å². The van der Waals surface area contributed by atoms with Crippen LogP contribution in [0.2, 0.25) is 0 Å². The quantitative estimate of drug-likeness (QED) is 0.817. The van der Waals surface area contributed by atoms with Crippen molar-refractivity contribution >= 4 is 22.8 Å². The van der Waals surface area contributed by atoms with Gasteiger partial charge in [-0.25, -0.2) is 13.9 Å². The number of rotatable bonds is 3. The molecule has 1 aromatic carbocycles. The first-order valence-corrected chi connectivity index (χ1v) is 6.02. The van der Waals surface area contributed by atoms with Gasteiger partial charge in [-0.2, -0.15) is 13.9 Å². The fourth-order valence-corrected chi connectivity index (χ4v) is 1.87. The van der Waals surface area contributed by atoms with Crippen LogP contribution in [-0.2, 0) is 15.5 Å². The molecule has 21 heavy (non-hydrogen) atoms.